The summed E-state index contributed by atoms with van der Waals surface area (Å²) >= 11 is 0. The lowest BCUT2D eigenvalue weighted by atomic mass is 10.1. The van der Waals surface area contributed by atoms with Crippen molar-refractivity contribution >= 4 is 11.2 Å². The second kappa shape index (κ2) is 8.20. The van der Waals surface area contributed by atoms with E-state index in [4.69, 9.17) is 20.2 Å². The molecule has 3 aromatic heterocycles. The number of imidazole rings is 1. The van der Waals surface area contributed by atoms with Crippen molar-refractivity contribution in [2.75, 3.05) is 13.2 Å². The van der Waals surface area contributed by atoms with Gasteiger partial charge in [-0.1, -0.05) is 30.3 Å². The van der Waals surface area contributed by atoms with Gasteiger partial charge in [-0.05, 0) is 37.8 Å². The highest BCUT2D eigenvalue weighted by Crippen LogP contribution is 2.41. The summed E-state index contributed by atoms with van der Waals surface area (Å²) in [5.41, 5.74) is 9.84. The molecular formula is C24H26N6O2. The average molecular weight is 431 g/mol. The summed E-state index contributed by atoms with van der Waals surface area (Å²) in [5, 5.41) is 0. The Kier molecular flexibility index (Phi) is 5.22. The number of hydrogen-bond donors (Lipinski definition) is 1. The van der Waals surface area contributed by atoms with Crippen LogP contribution in [-0.2, 0) is 6.54 Å². The minimum absolute atomic E-state index is 0.163. The lowest BCUT2D eigenvalue weighted by Crippen LogP contribution is -2.13. The number of aryl methyl sites for hydroxylation is 1. The molecule has 1 saturated carbocycles. The lowest BCUT2D eigenvalue weighted by Gasteiger charge is -2.12. The molecule has 0 spiro atoms. The van der Waals surface area contributed by atoms with Gasteiger partial charge in [0, 0.05) is 24.4 Å². The number of pyridine rings is 1. The molecule has 0 radical (unpaired) electrons. The molecule has 0 aliphatic heterocycles. The van der Waals surface area contributed by atoms with Gasteiger partial charge >= 0.3 is 0 Å². The smallest absolute Gasteiger partial charge is 0.245 e. The van der Waals surface area contributed by atoms with E-state index in [9.17, 15) is 0 Å². The van der Waals surface area contributed by atoms with Crippen LogP contribution in [0, 0.1) is 6.92 Å². The number of hydrogen-bond acceptors (Lipinski definition) is 7. The fourth-order valence-corrected chi connectivity index (χ4v) is 3.63. The van der Waals surface area contributed by atoms with Crippen LogP contribution in [0.15, 0.2) is 48.9 Å². The molecule has 8 nitrogen and oxygen atoms in total. The Hall–Kier alpha value is -3.52. The molecule has 1 fully saturated rings. The zero-order valence-corrected chi connectivity index (χ0v) is 18.3. The van der Waals surface area contributed by atoms with E-state index in [1.165, 1.54) is 0 Å². The van der Waals surface area contributed by atoms with Crippen LogP contribution in [0.4, 0.5) is 0 Å². The van der Waals surface area contributed by atoms with Crippen molar-refractivity contribution in [2.24, 2.45) is 5.73 Å². The Balaban J connectivity index is 1.63. The molecule has 4 aromatic rings. The maximum Gasteiger partial charge on any atom is 0.245 e. The van der Waals surface area contributed by atoms with Crippen molar-refractivity contribution in [1.82, 2.24) is 24.5 Å². The number of nitrogens with two attached hydrogens (primary N) is 1. The summed E-state index contributed by atoms with van der Waals surface area (Å²) in [5.74, 6) is 1.84. The van der Waals surface area contributed by atoms with Crippen LogP contribution in [0.3, 0.4) is 0 Å². The highest BCUT2D eigenvalue weighted by atomic mass is 16.5. The van der Waals surface area contributed by atoms with Crippen molar-refractivity contribution in [3.05, 3.63) is 60.0 Å². The van der Waals surface area contributed by atoms with Crippen molar-refractivity contribution in [3.63, 3.8) is 0 Å². The van der Waals surface area contributed by atoms with E-state index in [1.807, 2.05) is 31.2 Å². The fraction of sp³-hybridized carbons (Fsp3) is 0.333. The van der Waals surface area contributed by atoms with Crippen molar-refractivity contribution < 1.29 is 9.47 Å². The molecule has 5 rings (SSSR count). The molecule has 3 heterocycles. The predicted octanol–water partition coefficient (Wildman–Crippen LogP) is 3.51. The summed E-state index contributed by atoms with van der Waals surface area (Å²) in [4.78, 5) is 18.4. The molecule has 0 atom stereocenters. The second-order valence-corrected chi connectivity index (χ2v) is 8.38. The number of rotatable bonds is 8. The standard InChI is InChI=1S/C24H26N6O2/c1-16-12-19(31-11-10-25)26-13-18(16)21-29-20-22(30(21)14-17-6-4-3-5-7-17)27-15-28-23(20)32-24(2)8-9-24/h3-7,12-13,15H,8-11,14,25H2,1-2H3. The first-order valence-electron chi connectivity index (χ1n) is 10.8. The Labute approximate surface area is 186 Å². The summed E-state index contributed by atoms with van der Waals surface area (Å²) in [7, 11) is 0. The number of aromatic nitrogens is 5. The second-order valence-electron chi connectivity index (χ2n) is 8.38. The molecule has 164 valence electrons. The van der Waals surface area contributed by atoms with Crippen LogP contribution in [0.2, 0.25) is 0 Å². The van der Waals surface area contributed by atoms with Crippen LogP contribution >= 0.6 is 0 Å². The molecule has 0 amide bonds. The first-order valence-corrected chi connectivity index (χ1v) is 10.8. The Morgan fingerprint density at radius 3 is 2.66 bits per heavy atom. The SMILES string of the molecule is Cc1cc(OCCN)ncc1-c1nc2c(OC3(C)CC3)ncnc2n1Cc1ccccc1. The van der Waals surface area contributed by atoms with Crippen LogP contribution in [0.25, 0.3) is 22.6 Å². The quantitative estimate of drug-likeness (QED) is 0.456. The highest BCUT2D eigenvalue weighted by molar-refractivity contribution is 5.82. The first-order chi connectivity index (χ1) is 15.6. The van der Waals surface area contributed by atoms with Crippen molar-refractivity contribution in [2.45, 2.75) is 38.8 Å². The molecule has 2 N–H and O–H groups in total. The predicted molar refractivity (Wildman–Crippen MR) is 122 cm³/mol. The van der Waals surface area contributed by atoms with Gasteiger partial charge in [0.1, 0.15) is 24.4 Å². The van der Waals surface area contributed by atoms with E-state index in [2.05, 4.69) is 38.6 Å². The Morgan fingerprint density at radius 1 is 1.12 bits per heavy atom. The third-order valence-corrected chi connectivity index (χ3v) is 5.67. The molecule has 8 heteroatoms. The summed E-state index contributed by atoms with van der Waals surface area (Å²) in [6.45, 7) is 5.60. The molecule has 0 saturated heterocycles. The fourth-order valence-electron chi connectivity index (χ4n) is 3.63. The minimum atomic E-state index is -0.163. The average Bonchev–Trinajstić information content (AvgIpc) is 3.41. The number of nitrogens with zero attached hydrogens (tertiary/aromatic N) is 5. The molecular weight excluding hydrogens is 404 g/mol. The molecule has 0 bridgehead atoms. The van der Waals surface area contributed by atoms with Gasteiger partial charge in [0.05, 0.1) is 6.54 Å². The molecule has 1 aliphatic rings. The minimum Gasteiger partial charge on any atom is -0.476 e. The maximum absolute atomic E-state index is 6.20. The Bertz CT molecular complexity index is 1250. The largest absolute Gasteiger partial charge is 0.476 e. The van der Waals surface area contributed by atoms with E-state index in [0.717, 1.165) is 41.0 Å². The molecule has 1 aliphatic carbocycles. The lowest BCUT2D eigenvalue weighted by molar-refractivity contribution is 0.194. The monoisotopic (exact) mass is 430 g/mol. The molecule has 1 aromatic carbocycles. The zero-order valence-electron chi connectivity index (χ0n) is 18.3. The van der Waals surface area contributed by atoms with Gasteiger partial charge in [-0.25, -0.2) is 15.0 Å². The van der Waals surface area contributed by atoms with Crippen LogP contribution in [0.1, 0.15) is 30.9 Å². The van der Waals surface area contributed by atoms with E-state index >= 15 is 0 Å². The van der Waals surface area contributed by atoms with E-state index in [0.29, 0.717) is 37.0 Å². The molecule has 32 heavy (non-hydrogen) atoms. The van der Waals surface area contributed by atoms with Gasteiger partial charge in [0.15, 0.2) is 11.2 Å². The van der Waals surface area contributed by atoms with Crippen LogP contribution < -0.4 is 15.2 Å². The van der Waals surface area contributed by atoms with E-state index in [1.54, 1.807) is 12.5 Å². The zero-order chi connectivity index (χ0) is 22.1. The van der Waals surface area contributed by atoms with Gasteiger partial charge in [-0.3, -0.25) is 0 Å². The van der Waals surface area contributed by atoms with E-state index < -0.39 is 0 Å². The summed E-state index contributed by atoms with van der Waals surface area (Å²) in [6.07, 6.45) is 5.37. The van der Waals surface area contributed by atoms with Gasteiger partial charge in [-0.2, -0.15) is 4.98 Å². The third-order valence-electron chi connectivity index (χ3n) is 5.67. The first kappa shape index (κ1) is 20.4. The summed E-state index contributed by atoms with van der Waals surface area (Å²) < 4.78 is 13.9. The highest BCUT2D eigenvalue weighted by Gasteiger charge is 2.41. The van der Waals surface area contributed by atoms with Crippen molar-refractivity contribution in [3.8, 4) is 23.1 Å². The Morgan fingerprint density at radius 2 is 1.94 bits per heavy atom. The van der Waals surface area contributed by atoms with E-state index in [-0.39, 0.29) is 5.60 Å². The molecule has 0 unspecified atom stereocenters. The van der Waals surface area contributed by atoms with Gasteiger partial charge in [0.2, 0.25) is 11.8 Å². The maximum atomic E-state index is 6.20. The van der Waals surface area contributed by atoms with Crippen LogP contribution in [0.5, 0.6) is 11.8 Å². The third kappa shape index (κ3) is 4.01. The number of benzene rings is 1. The summed E-state index contributed by atoms with van der Waals surface area (Å²) in [6, 6.07) is 12.2. The number of ether oxygens (including phenoxy) is 2. The van der Waals surface area contributed by atoms with Gasteiger partial charge in [0.25, 0.3) is 0 Å². The van der Waals surface area contributed by atoms with Crippen LogP contribution in [-0.4, -0.2) is 43.3 Å². The normalized spacial score (nSPS) is 14.5. The van der Waals surface area contributed by atoms with Gasteiger partial charge < -0.3 is 19.8 Å². The van der Waals surface area contributed by atoms with Crippen molar-refractivity contribution in [1.29, 1.82) is 0 Å². The number of fused-ring (bicyclic) bond motifs is 1. The van der Waals surface area contributed by atoms with Gasteiger partial charge in [-0.15, -0.1) is 0 Å². The topological polar surface area (TPSA) is 101 Å².